The molecule has 0 amide bonds. The summed E-state index contributed by atoms with van der Waals surface area (Å²) in [5.74, 6) is 1.30. The molecular formula is C11H17BrN4O. The first-order valence-corrected chi connectivity index (χ1v) is 6.67. The summed E-state index contributed by atoms with van der Waals surface area (Å²) in [5.41, 5.74) is 5.77. The van der Waals surface area contributed by atoms with Crippen molar-refractivity contribution in [3.05, 3.63) is 10.8 Å². The van der Waals surface area contributed by atoms with Gasteiger partial charge in [0, 0.05) is 19.2 Å². The van der Waals surface area contributed by atoms with Crippen molar-refractivity contribution < 1.29 is 5.11 Å². The zero-order valence-corrected chi connectivity index (χ0v) is 11.2. The standard InChI is InChI=1S/C11H17BrN4O/c12-9-10(13)14-7-15-11(9)16-5-2-1-3-8(16)4-6-17/h7-8,17H,1-6H2,(H2,13,14,15). The highest BCUT2D eigenvalue weighted by atomic mass is 79.9. The Balaban J connectivity index is 2.26. The summed E-state index contributed by atoms with van der Waals surface area (Å²) in [6.45, 7) is 1.17. The quantitative estimate of drug-likeness (QED) is 0.886. The molecule has 3 N–H and O–H groups in total. The summed E-state index contributed by atoms with van der Waals surface area (Å²) in [6.07, 6.45) is 5.71. The van der Waals surface area contributed by atoms with E-state index in [1.807, 2.05) is 0 Å². The van der Waals surface area contributed by atoms with Gasteiger partial charge in [0.25, 0.3) is 0 Å². The van der Waals surface area contributed by atoms with Crippen LogP contribution in [-0.4, -0.2) is 34.3 Å². The second-order valence-electron chi connectivity index (χ2n) is 4.25. The van der Waals surface area contributed by atoms with Crippen molar-refractivity contribution in [2.45, 2.75) is 31.7 Å². The number of piperidine rings is 1. The fourth-order valence-electron chi connectivity index (χ4n) is 2.30. The van der Waals surface area contributed by atoms with Crippen LogP contribution < -0.4 is 10.6 Å². The first kappa shape index (κ1) is 12.6. The minimum absolute atomic E-state index is 0.208. The van der Waals surface area contributed by atoms with Gasteiger partial charge in [0.15, 0.2) is 0 Å². The fourth-order valence-corrected chi connectivity index (χ4v) is 2.73. The van der Waals surface area contributed by atoms with E-state index in [9.17, 15) is 0 Å². The lowest BCUT2D eigenvalue weighted by molar-refractivity contribution is 0.262. The third-order valence-corrected chi connectivity index (χ3v) is 3.92. The molecular weight excluding hydrogens is 284 g/mol. The first-order chi connectivity index (χ1) is 8.24. The Hall–Kier alpha value is -0.880. The average Bonchev–Trinajstić information content (AvgIpc) is 2.34. The number of anilines is 2. The van der Waals surface area contributed by atoms with Crippen molar-refractivity contribution >= 4 is 27.6 Å². The van der Waals surface area contributed by atoms with Crippen LogP contribution in [0.5, 0.6) is 0 Å². The van der Waals surface area contributed by atoms with E-state index in [1.165, 1.54) is 12.7 Å². The van der Waals surface area contributed by atoms with Gasteiger partial charge in [-0.1, -0.05) is 0 Å². The predicted octanol–water partition coefficient (Wildman–Crippen LogP) is 1.56. The Bertz CT molecular complexity index is 386. The lowest BCUT2D eigenvalue weighted by atomic mass is 10.00. The number of rotatable bonds is 3. The topological polar surface area (TPSA) is 75.3 Å². The number of aromatic nitrogens is 2. The molecule has 0 spiro atoms. The van der Waals surface area contributed by atoms with Crippen LogP contribution in [0.25, 0.3) is 0 Å². The SMILES string of the molecule is Nc1ncnc(N2CCCCC2CCO)c1Br. The zero-order valence-electron chi connectivity index (χ0n) is 9.64. The molecule has 1 fully saturated rings. The van der Waals surface area contributed by atoms with Crippen LogP contribution in [0.15, 0.2) is 10.8 Å². The van der Waals surface area contributed by atoms with E-state index >= 15 is 0 Å². The average molecular weight is 301 g/mol. The summed E-state index contributed by atoms with van der Waals surface area (Å²) >= 11 is 3.44. The van der Waals surface area contributed by atoms with Crippen LogP contribution in [0.2, 0.25) is 0 Å². The van der Waals surface area contributed by atoms with Gasteiger partial charge in [-0.25, -0.2) is 9.97 Å². The van der Waals surface area contributed by atoms with Crippen LogP contribution in [0.4, 0.5) is 11.6 Å². The van der Waals surface area contributed by atoms with E-state index in [1.54, 1.807) is 0 Å². The maximum Gasteiger partial charge on any atom is 0.148 e. The highest BCUT2D eigenvalue weighted by Crippen LogP contribution is 2.32. The molecule has 2 rings (SSSR count). The van der Waals surface area contributed by atoms with E-state index in [0.29, 0.717) is 11.9 Å². The number of aliphatic hydroxyl groups excluding tert-OH is 1. The number of hydrogen-bond acceptors (Lipinski definition) is 5. The number of halogens is 1. The highest BCUT2D eigenvalue weighted by molar-refractivity contribution is 9.10. The van der Waals surface area contributed by atoms with E-state index < -0.39 is 0 Å². The number of aliphatic hydroxyl groups is 1. The summed E-state index contributed by atoms with van der Waals surface area (Å²) in [5, 5.41) is 9.11. The van der Waals surface area contributed by atoms with Gasteiger partial charge in [0.1, 0.15) is 22.4 Å². The predicted molar refractivity (Wildman–Crippen MR) is 70.8 cm³/mol. The van der Waals surface area contributed by atoms with Crippen LogP contribution in [0.1, 0.15) is 25.7 Å². The minimum atomic E-state index is 0.208. The van der Waals surface area contributed by atoms with Crippen molar-refractivity contribution in [3.63, 3.8) is 0 Å². The second-order valence-corrected chi connectivity index (χ2v) is 5.04. The lowest BCUT2D eigenvalue weighted by Crippen LogP contribution is -2.41. The fraction of sp³-hybridized carbons (Fsp3) is 0.636. The molecule has 1 aliphatic rings. The molecule has 6 heteroatoms. The molecule has 0 aliphatic carbocycles. The zero-order chi connectivity index (χ0) is 12.3. The molecule has 0 bridgehead atoms. The van der Waals surface area contributed by atoms with Crippen molar-refractivity contribution in [2.24, 2.45) is 0 Å². The monoisotopic (exact) mass is 300 g/mol. The molecule has 1 aromatic heterocycles. The smallest absolute Gasteiger partial charge is 0.148 e. The Kier molecular flexibility index (Phi) is 4.17. The van der Waals surface area contributed by atoms with Crippen LogP contribution in [-0.2, 0) is 0 Å². The molecule has 1 aromatic rings. The number of nitrogens with zero attached hydrogens (tertiary/aromatic N) is 3. The van der Waals surface area contributed by atoms with Gasteiger partial charge in [0.2, 0.25) is 0 Å². The molecule has 2 heterocycles. The molecule has 0 radical (unpaired) electrons. The Labute approximate surface area is 109 Å². The van der Waals surface area contributed by atoms with Gasteiger partial charge in [0.05, 0.1) is 0 Å². The first-order valence-electron chi connectivity index (χ1n) is 5.87. The Morgan fingerprint density at radius 3 is 3.06 bits per heavy atom. The van der Waals surface area contributed by atoms with Crippen molar-refractivity contribution in [2.75, 3.05) is 23.8 Å². The summed E-state index contributed by atoms with van der Waals surface area (Å²) in [6, 6.07) is 0.347. The molecule has 1 unspecified atom stereocenters. The maximum absolute atomic E-state index is 9.11. The Morgan fingerprint density at radius 2 is 2.29 bits per heavy atom. The third-order valence-electron chi connectivity index (χ3n) is 3.16. The van der Waals surface area contributed by atoms with Crippen molar-refractivity contribution in [3.8, 4) is 0 Å². The minimum Gasteiger partial charge on any atom is -0.396 e. The Morgan fingerprint density at radius 1 is 1.47 bits per heavy atom. The van der Waals surface area contributed by atoms with E-state index in [4.69, 9.17) is 10.8 Å². The normalized spacial score (nSPS) is 20.6. The van der Waals surface area contributed by atoms with Crippen LogP contribution >= 0.6 is 15.9 Å². The maximum atomic E-state index is 9.11. The third kappa shape index (κ3) is 2.69. The molecule has 94 valence electrons. The number of nitrogen functional groups attached to an aromatic ring is 1. The van der Waals surface area contributed by atoms with E-state index in [2.05, 4.69) is 30.8 Å². The second kappa shape index (κ2) is 5.64. The molecule has 17 heavy (non-hydrogen) atoms. The molecule has 5 nitrogen and oxygen atoms in total. The largest absolute Gasteiger partial charge is 0.396 e. The molecule has 0 saturated carbocycles. The van der Waals surface area contributed by atoms with Gasteiger partial charge in [-0.3, -0.25) is 0 Å². The van der Waals surface area contributed by atoms with E-state index in [0.717, 1.165) is 36.1 Å². The molecule has 0 aromatic carbocycles. The molecule has 1 atom stereocenters. The van der Waals surface area contributed by atoms with Gasteiger partial charge >= 0.3 is 0 Å². The van der Waals surface area contributed by atoms with Gasteiger partial charge in [-0.15, -0.1) is 0 Å². The summed E-state index contributed by atoms with van der Waals surface area (Å²) in [7, 11) is 0. The van der Waals surface area contributed by atoms with Gasteiger partial charge in [-0.2, -0.15) is 0 Å². The van der Waals surface area contributed by atoms with Crippen molar-refractivity contribution in [1.29, 1.82) is 0 Å². The molecule has 1 aliphatic heterocycles. The highest BCUT2D eigenvalue weighted by Gasteiger charge is 2.25. The van der Waals surface area contributed by atoms with Gasteiger partial charge < -0.3 is 15.7 Å². The number of hydrogen-bond donors (Lipinski definition) is 2. The van der Waals surface area contributed by atoms with Crippen molar-refractivity contribution in [1.82, 2.24) is 9.97 Å². The summed E-state index contributed by atoms with van der Waals surface area (Å²) in [4.78, 5) is 10.5. The molecule has 1 saturated heterocycles. The lowest BCUT2D eigenvalue weighted by Gasteiger charge is -2.37. The van der Waals surface area contributed by atoms with Gasteiger partial charge in [-0.05, 0) is 41.6 Å². The number of nitrogens with two attached hydrogens (primary N) is 1. The van der Waals surface area contributed by atoms with E-state index in [-0.39, 0.29) is 6.61 Å². The van der Waals surface area contributed by atoms with Crippen LogP contribution in [0, 0.1) is 0 Å². The van der Waals surface area contributed by atoms with Crippen LogP contribution in [0.3, 0.4) is 0 Å². The summed E-state index contributed by atoms with van der Waals surface area (Å²) < 4.78 is 0.754.